The molecule has 0 atom stereocenters. The zero-order valence-corrected chi connectivity index (χ0v) is 15.4. The Labute approximate surface area is 150 Å². The van der Waals surface area contributed by atoms with Crippen molar-refractivity contribution < 1.29 is 9.53 Å². The first-order valence-corrected chi connectivity index (χ1v) is 8.71. The number of benzene rings is 1. The van der Waals surface area contributed by atoms with Gasteiger partial charge in [-0.2, -0.15) is 0 Å². The first-order valence-electron chi connectivity index (χ1n) is 7.83. The first kappa shape index (κ1) is 17.1. The predicted molar refractivity (Wildman–Crippen MR) is 101 cm³/mol. The van der Waals surface area contributed by atoms with Crippen LogP contribution in [-0.2, 0) is 0 Å². The maximum absolute atomic E-state index is 12.4. The number of ether oxygens (including phenoxy) is 1. The van der Waals surface area contributed by atoms with Gasteiger partial charge in [0.25, 0.3) is 5.91 Å². The molecule has 0 unspecified atom stereocenters. The van der Waals surface area contributed by atoms with E-state index in [0.717, 1.165) is 11.3 Å². The van der Waals surface area contributed by atoms with Gasteiger partial charge in [-0.1, -0.05) is 12.1 Å². The van der Waals surface area contributed by atoms with Crippen molar-refractivity contribution in [2.24, 2.45) is 0 Å². The highest BCUT2D eigenvalue weighted by molar-refractivity contribution is 7.14. The number of hydrogen-bond donors (Lipinski definition) is 1. The summed E-state index contributed by atoms with van der Waals surface area (Å²) in [5, 5.41) is 5.35. The normalized spacial score (nSPS) is 10.6. The van der Waals surface area contributed by atoms with E-state index in [1.165, 1.54) is 35.1 Å². The van der Waals surface area contributed by atoms with Crippen LogP contribution in [0.25, 0.3) is 11.3 Å². The van der Waals surface area contributed by atoms with Gasteiger partial charge in [0.05, 0.1) is 12.8 Å². The van der Waals surface area contributed by atoms with E-state index in [1.807, 2.05) is 5.38 Å². The molecule has 3 rings (SSSR count). The SMILES string of the molecule is COc1cc(C(=O)Nc2nc(-c3ccc(C)c(C)c3C)cs2)ccn1. The van der Waals surface area contributed by atoms with E-state index in [4.69, 9.17) is 4.74 Å². The molecule has 1 N–H and O–H groups in total. The van der Waals surface area contributed by atoms with Crippen LogP contribution in [0.1, 0.15) is 27.0 Å². The van der Waals surface area contributed by atoms with Crippen LogP contribution in [0.2, 0.25) is 0 Å². The van der Waals surface area contributed by atoms with Crippen LogP contribution < -0.4 is 10.1 Å². The van der Waals surface area contributed by atoms with Crippen LogP contribution >= 0.6 is 11.3 Å². The molecule has 0 aliphatic heterocycles. The fraction of sp³-hybridized carbons (Fsp3) is 0.211. The number of thiazole rings is 1. The lowest BCUT2D eigenvalue weighted by molar-refractivity contribution is 0.102. The second-order valence-electron chi connectivity index (χ2n) is 5.76. The van der Waals surface area contributed by atoms with Crippen molar-refractivity contribution >= 4 is 22.4 Å². The van der Waals surface area contributed by atoms with Crippen LogP contribution in [0.3, 0.4) is 0 Å². The predicted octanol–water partition coefficient (Wildman–Crippen LogP) is 4.39. The van der Waals surface area contributed by atoms with Crippen molar-refractivity contribution in [3.05, 3.63) is 58.1 Å². The topological polar surface area (TPSA) is 64.1 Å². The molecule has 2 heterocycles. The molecular weight excluding hydrogens is 334 g/mol. The molecule has 0 bridgehead atoms. The third kappa shape index (κ3) is 3.53. The number of methoxy groups -OCH3 is 1. The summed E-state index contributed by atoms with van der Waals surface area (Å²) in [6, 6.07) is 7.40. The average Bonchev–Trinajstić information content (AvgIpc) is 3.08. The monoisotopic (exact) mass is 353 g/mol. The number of carbonyl (C=O) groups excluding carboxylic acids is 1. The fourth-order valence-corrected chi connectivity index (χ4v) is 3.23. The number of nitrogens with zero attached hydrogens (tertiary/aromatic N) is 2. The number of amides is 1. The van der Waals surface area contributed by atoms with Crippen LogP contribution in [0.15, 0.2) is 35.8 Å². The molecule has 0 radical (unpaired) electrons. The van der Waals surface area contributed by atoms with Gasteiger partial charge in [-0.3, -0.25) is 10.1 Å². The molecule has 1 aromatic carbocycles. The van der Waals surface area contributed by atoms with E-state index in [2.05, 4.69) is 48.2 Å². The minimum atomic E-state index is -0.238. The fourth-order valence-electron chi connectivity index (χ4n) is 2.52. The smallest absolute Gasteiger partial charge is 0.257 e. The molecule has 0 saturated heterocycles. The molecule has 5 nitrogen and oxygen atoms in total. The van der Waals surface area contributed by atoms with E-state index >= 15 is 0 Å². The molecular formula is C19H19N3O2S. The molecule has 25 heavy (non-hydrogen) atoms. The number of nitrogens with one attached hydrogen (secondary N) is 1. The van der Waals surface area contributed by atoms with Gasteiger partial charge in [0.15, 0.2) is 5.13 Å². The van der Waals surface area contributed by atoms with Crippen molar-refractivity contribution in [1.29, 1.82) is 0 Å². The van der Waals surface area contributed by atoms with Gasteiger partial charge in [-0.05, 0) is 43.5 Å². The Hall–Kier alpha value is -2.73. The van der Waals surface area contributed by atoms with E-state index in [-0.39, 0.29) is 5.91 Å². The van der Waals surface area contributed by atoms with E-state index < -0.39 is 0 Å². The summed E-state index contributed by atoms with van der Waals surface area (Å²) in [6.45, 7) is 6.31. The number of hydrogen-bond acceptors (Lipinski definition) is 5. The molecule has 128 valence electrons. The number of aryl methyl sites for hydroxylation is 1. The minimum absolute atomic E-state index is 0.238. The highest BCUT2D eigenvalue weighted by atomic mass is 32.1. The van der Waals surface area contributed by atoms with Crippen molar-refractivity contribution in [3.8, 4) is 17.1 Å². The maximum atomic E-state index is 12.4. The Balaban J connectivity index is 1.82. The van der Waals surface area contributed by atoms with Gasteiger partial charge in [0.2, 0.25) is 5.88 Å². The largest absolute Gasteiger partial charge is 0.481 e. The zero-order valence-electron chi connectivity index (χ0n) is 14.6. The van der Waals surface area contributed by atoms with Gasteiger partial charge in [-0.25, -0.2) is 9.97 Å². The van der Waals surface area contributed by atoms with Crippen molar-refractivity contribution in [2.45, 2.75) is 20.8 Å². The number of aromatic nitrogens is 2. The second-order valence-corrected chi connectivity index (χ2v) is 6.62. The lowest BCUT2D eigenvalue weighted by Crippen LogP contribution is -2.12. The second kappa shape index (κ2) is 7.03. The standard InChI is InChI=1S/C19H19N3O2S/c1-11-5-6-15(13(3)12(11)2)16-10-25-19(21-16)22-18(23)14-7-8-20-17(9-14)24-4/h5-10H,1-4H3,(H,21,22,23). The lowest BCUT2D eigenvalue weighted by atomic mass is 9.97. The molecule has 1 amide bonds. The van der Waals surface area contributed by atoms with Gasteiger partial charge >= 0.3 is 0 Å². The average molecular weight is 353 g/mol. The van der Waals surface area contributed by atoms with Crippen LogP contribution in [-0.4, -0.2) is 23.0 Å². The third-order valence-electron chi connectivity index (χ3n) is 4.26. The summed E-state index contributed by atoms with van der Waals surface area (Å²) in [6.07, 6.45) is 1.54. The number of carbonyl (C=O) groups is 1. The first-order chi connectivity index (χ1) is 12.0. The molecule has 0 spiro atoms. The Kier molecular flexibility index (Phi) is 4.81. The van der Waals surface area contributed by atoms with Gasteiger partial charge in [-0.15, -0.1) is 11.3 Å². The minimum Gasteiger partial charge on any atom is -0.481 e. The number of rotatable bonds is 4. The Bertz CT molecular complexity index is 934. The van der Waals surface area contributed by atoms with Crippen molar-refractivity contribution in [2.75, 3.05) is 12.4 Å². The van der Waals surface area contributed by atoms with Gasteiger partial charge in [0, 0.05) is 28.8 Å². The zero-order chi connectivity index (χ0) is 18.0. The Morgan fingerprint density at radius 1 is 1.16 bits per heavy atom. The van der Waals surface area contributed by atoms with Gasteiger partial charge < -0.3 is 4.74 Å². The summed E-state index contributed by atoms with van der Waals surface area (Å²) < 4.78 is 5.05. The Morgan fingerprint density at radius 3 is 2.72 bits per heavy atom. The highest BCUT2D eigenvalue weighted by Gasteiger charge is 2.13. The van der Waals surface area contributed by atoms with Crippen LogP contribution in [0.4, 0.5) is 5.13 Å². The molecule has 2 aromatic heterocycles. The van der Waals surface area contributed by atoms with Crippen molar-refractivity contribution in [3.63, 3.8) is 0 Å². The number of pyridine rings is 1. The third-order valence-corrected chi connectivity index (χ3v) is 5.02. The maximum Gasteiger partial charge on any atom is 0.257 e. The van der Waals surface area contributed by atoms with E-state index in [9.17, 15) is 4.79 Å². The summed E-state index contributed by atoms with van der Waals surface area (Å²) in [4.78, 5) is 20.9. The Morgan fingerprint density at radius 2 is 1.96 bits per heavy atom. The molecule has 3 aromatic rings. The highest BCUT2D eigenvalue weighted by Crippen LogP contribution is 2.30. The van der Waals surface area contributed by atoms with Gasteiger partial charge in [0.1, 0.15) is 0 Å². The molecule has 0 aliphatic carbocycles. The molecule has 0 saturated carbocycles. The summed E-state index contributed by atoms with van der Waals surface area (Å²) in [5.41, 5.74) is 6.17. The van der Waals surface area contributed by atoms with E-state index in [0.29, 0.717) is 16.6 Å². The van der Waals surface area contributed by atoms with Crippen LogP contribution in [0.5, 0.6) is 5.88 Å². The van der Waals surface area contributed by atoms with Crippen molar-refractivity contribution in [1.82, 2.24) is 9.97 Å². The summed E-state index contributed by atoms with van der Waals surface area (Å²) >= 11 is 1.41. The summed E-state index contributed by atoms with van der Waals surface area (Å²) in [5.74, 6) is 0.164. The molecule has 6 heteroatoms. The molecule has 0 aliphatic rings. The quantitative estimate of drug-likeness (QED) is 0.755. The summed E-state index contributed by atoms with van der Waals surface area (Å²) in [7, 11) is 1.52. The molecule has 0 fully saturated rings. The number of anilines is 1. The lowest BCUT2D eigenvalue weighted by Gasteiger charge is -2.09. The van der Waals surface area contributed by atoms with E-state index in [1.54, 1.807) is 18.3 Å². The van der Waals surface area contributed by atoms with Crippen LogP contribution in [0, 0.1) is 20.8 Å².